The summed E-state index contributed by atoms with van der Waals surface area (Å²) in [6.07, 6.45) is 36.4. The third kappa shape index (κ3) is 32.2. The number of hydrogen-bond acceptors (Lipinski definition) is 3. The van der Waals surface area contributed by atoms with E-state index in [1.165, 1.54) is 154 Å². The molecule has 0 atom stereocenters. The second-order valence-electron chi connectivity index (χ2n) is 11.3. The van der Waals surface area contributed by atoms with E-state index in [2.05, 4.69) is 13.8 Å². The second kappa shape index (κ2) is 30.6. The maximum absolute atomic E-state index is 12.0. The van der Waals surface area contributed by atoms with Gasteiger partial charge in [-0.2, -0.15) is 0 Å². The van der Waals surface area contributed by atoms with Gasteiger partial charge in [0.2, 0.25) is 0 Å². The summed E-state index contributed by atoms with van der Waals surface area (Å²) < 4.78 is 22.3. The van der Waals surface area contributed by atoms with Gasteiger partial charge in [-0.1, -0.05) is 181 Å². The smallest absolute Gasteiger partial charge is 0.302 e. The zero-order chi connectivity index (χ0) is 27.1. The molecule has 0 spiro atoms. The van der Waals surface area contributed by atoms with Gasteiger partial charge in [0, 0.05) is 0 Å². The molecule has 0 heterocycles. The van der Waals surface area contributed by atoms with Gasteiger partial charge in [0.1, 0.15) is 0 Å². The van der Waals surface area contributed by atoms with Crippen LogP contribution in [0.1, 0.15) is 194 Å². The van der Waals surface area contributed by atoms with Gasteiger partial charge in [0.05, 0.1) is 13.2 Å². The van der Waals surface area contributed by atoms with Crippen molar-refractivity contribution in [3.63, 3.8) is 0 Å². The van der Waals surface area contributed by atoms with Crippen molar-refractivity contribution in [2.75, 3.05) is 13.2 Å². The maximum Gasteiger partial charge on any atom is 0.472 e. The summed E-state index contributed by atoms with van der Waals surface area (Å²) in [4.78, 5) is 9.83. The van der Waals surface area contributed by atoms with Gasteiger partial charge in [0.15, 0.2) is 0 Å². The summed E-state index contributed by atoms with van der Waals surface area (Å²) in [5.74, 6) is 0. The van der Waals surface area contributed by atoms with Crippen molar-refractivity contribution in [3.8, 4) is 0 Å². The number of unbranched alkanes of at least 4 members (excludes halogenated alkanes) is 26. The third-order valence-electron chi connectivity index (χ3n) is 7.50. The molecule has 0 saturated heterocycles. The molecule has 224 valence electrons. The summed E-state index contributed by atoms with van der Waals surface area (Å²) in [7, 11) is -3.87. The van der Waals surface area contributed by atoms with Gasteiger partial charge in [-0.25, -0.2) is 4.57 Å². The summed E-state index contributed by atoms with van der Waals surface area (Å²) in [5, 5.41) is 0. The summed E-state index contributed by atoms with van der Waals surface area (Å²) >= 11 is 0. The van der Waals surface area contributed by atoms with Crippen LogP contribution in [0.4, 0.5) is 0 Å². The van der Waals surface area contributed by atoms with Crippen LogP contribution in [0.15, 0.2) is 0 Å². The molecule has 0 amide bonds. The normalized spacial score (nSPS) is 12.0. The molecule has 0 aliphatic heterocycles. The van der Waals surface area contributed by atoms with Crippen LogP contribution in [0.2, 0.25) is 0 Å². The minimum atomic E-state index is -3.87. The SMILES string of the molecule is CCCCCCCCCCCCCCCCOP(=O)(O)OCCCCCCCCCCCCCCCC. The van der Waals surface area contributed by atoms with Crippen LogP contribution in [0, 0.1) is 0 Å². The van der Waals surface area contributed by atoms with Crippen molar-refractivity contribution in [1.29, 1.82) is 0 Å². The Labute approximate surface area is 233 Å². The summed E-state index contributed by atoms with van der Waals surface area (Å²) in [6.45, 7) is 5.19. The van der Waals surface area contributed by atoms with Crippen molar-refractivity contribution in [2.24, 2.45) is 0 Å². The Morgan fingerprint density at radius 3 is 0.784 bits per heavy atom. The monoisotopic (exact) mass is 546 g/mol. The highest BCUT2D eigenvalue weighted by molar-refractivity contribution is 7.47. The molecule has 0 aromatic carbocycles. The van der Waals surface area contributed by atoms with Crippen LogP contribution in [0.5, 0.6) is 0 Å². The Kier molecular flexibility index (Phi) is 30.7. The first kappa shape index (κ1) is 37.1. The average molecular weight is 547 g/mol. The fraction of sp³-hybridized carbons (Fsp3) is 1.00. The lowest BCUT2D eigenvalue weighted by atomic mass is 10.0. The quantitative estimate of drug-likeness (QED) is 0.0673. The van der Waals surface area contributed by atoms with Crippen molar-refractivity contribution in [3.05, 3.63) is 0 Å². The van der Waals surface area contributed by atoms with Gasteiger partial charge >= 0.3 is 7.82 Å². The van der Waals surface area contributed by atoms with Crippen molar-refractivity contribution in [1.82, 2.24) is 0 Å². The Bertz CT molecular complexity index is 434. The molecule has 4 nitrogen and oxygen atoms in total. The molecule has 0 unspecified atom stereocenters. The van der Waals surface area contributed by atoms with Gasteiger partial charge in [-0.05, 0) is 12.8 Å². The van der Waals surface area contributed by atoms with E-state index in [4.69, 9.17) is 9.05 Å². The lowest BCUT2D eigenvalue weighted by Crippen LogP contribution is -1.99. The molecule has 1 N–H and O–H groups in total. The first-order chi connectivity index (χ1) is 18.1. The fourth-order valence-electron chi connectivity index (χ4n) is 4.99. The predicted octanol–water partition coefficient (Wildman–Crippen LogP) is 12.1. The number of phosphoric acid groups is 1. The highest BCUT2D eigenvalue weighted by Gasteiger charge is 2.19. The maximum atomic E-state index is 12.0. The molecule has 0 aromatic rings. The van der Waals surface area contributed by atoms with Crippen molar-refractivity contribution >= 4 is 7.82 Å². The minimum Gasteiger partial charge on any atom is -0.302 e. The van der Waals surface area contributed by atoms with E-state index in [9.17, 15) is 9.46 Å². The molecular formula is C32H67O4P. The number of rotatable bonds is 32. The third-order valence-corrected chi connectivity index (χ3v) is 8.52. The highest BCUT2D eigenvalue weighted by Crippen LogP contribution is 2.43. The van der Waals surface area contributed by atoms with Crippen LogP contribution in [-0.4, -0.2) is 18.1 Å². The topological polar surface area (TPSA) is 55.8 Å². The molecule has 0 rings (SSSR count). The standard InChI is InChI=1S/C32H67O4P/c1-3-5-7-9-11-13-15-17-19-21-23-25-27-29-31-35-37(33,34)36-32-30-28-26-24-22-20-18-16-14-12-10-8-6-4-2/h3-32H2,1-2H3,(H,33,34). The Morgan fingerprint density at radius 2 is 0.568 bits per heavy atom. The minimum absolute atomic E-state index is 0.324. The van der Waals surface area contributed by atoms with Gasteiger partial charge in [-0.3, -0.25) is 9.05 Å². The second-order valence-corrected chi connectivity index (χ2v) is 12.8. The van der Waals surface area contributed by atoms with Gasteiger partial charge in [-0.15, -0.1) is 0 Å². The molecule has 5 heteroatoms. The van der Waals surface area contributed by atoms with Crippen LogP contribution in [0.25, 0.3) is 0 Å². The largest absolute Gasteiger partial charge is 0.472 e. The molecular weight excluding hydrogens is 479 g/mol. The molecule has 0 aromatic heterocycles. The highest BCUT2D eigenvalue weighted by atomic mass is 31.2. The van der Waals surface area contributed by atoms with E-state index in [0.29, 0.717) is 13.2 Å². The van der Waals surface area contributed by atoms with Crippen LogP contribution >= 0.6 is 7.82 Å². The summed E-state index contributed by atoms with van der Waals surface area (Å²) in [6, 6.07) is 0. The van der Waals surface area contributed by atoms with Crippen molar-refractivity contribution < 1.29 is 18.5 Å². The Hall–Kier alpha value is 0.110. The Morgan fingerprint density at radius 1 is 0.378 bits per heavy atom. The lowest BCUT2D eigenvalue weighted by molar-refractivity contribution is 0.145. The zero-order valence-corrected chi connectivity index (χ0v) is 26.2. The van der Waals surface area contributed by atoms with Crippen LogP contribution in [-0.2, 0) is 13.6 Å². The fourth-order valence-corrected chi connectivity index (χ4v) is 5.78. The molecule has 0 radical (unpaired) electrons. The van der Waals surface area contributed by atoms with E-state index in [-0.39, 0.29) is 0 Å². The average Bonchev–Trinajstić information content (AvgIpc) is 2.88. The molecule has 0 fully saturated rings. The van der Waals surface area contributed by atoms with E-state index < -0.39 is 7.82 Å². The van der Waals surface area contributed by atoms with Crippen LogP contribution in [0.3, 0.4) is 0 Å². The molecule has 0 aliphatic rings. The van der Waals surface area contributed by atoms with E-state index in [0.717, 1.165) is 25.7 Å². The van der Waals surface area contributed by atoms with Gasteiger partial charge in [0.25, 0.3) is 0 Å². The first-order valence-electron chi connectivity index (χ1n) is 16.7. The first-order valence-corrected chi connectivity index (χ1v) is 18.2. The van der Waals surface area contributed by atoms with Crippen molar-refractivity contribution in [2.45, 2.75) is 194 Å². The lowest BCUT2D eigenvalue weighted by Gasteiger charge is -2.12. The Balaban J connectivity index is 3.28. The zero-order valence-electron chi connectivity index (χ0n) is 25.3. The molecule has 0 bridgehead atoms. The molecule has 37 heavy (non-hydrogen) atoms. The van der Waals surface area contributed by atoms with Gasteiger partial charge < -0.3 is 4.89 Å². The van der Waals surface area contributed by atoms with E-state index in [1.807, 2.05) is 0 Å². The van der Waals surface area contributed by atoms with E-state index in [1.54, 1.807) is 0 Å². The number of hydrogen-bond donors (Lipinski definition) is 1. The van der Waals surface area contributed by atoms with Crippen LogP contribution < -0.4 is 0 Å². The summed E-state index contributed by atoms with van der Waals surface area (Å²) in [5.41, 5.74) is 0. The van der Waals surface area contributed by atoms with E-state index >= 15 is 0 Å². The molecule has 0 saturated carbocycles. The predicted molar refractivity (Wildman–Crippen MR) is 162 cm³/mol. The number of phosphoric ester groups is 1. The molecule has 0 aliphatic carbocycles.